The zero-order valence-electron chi connectivity index (χ0n) is 13.5. The summed E-state index contributed by atoms with van der Waals surface area (Å²) in [5.74, 6) is 0.907. The molecule has 8 heteroatoms. The van der Waals surface area contributed by atoms with E-state index in [4.69, 9.17) is 27.9 Å². The fraction of sp³-hybridized carbons (Fsp3) is 0.167. The quantitative estimate of drug-likeness (QED) is 0.730. The van der Waals surface area contributed by atoms with Crippen LogP contribution in [0, 0.1) is 0 Å². The second-order valence-electron chi connectivity index (χ2n) is 5.90. The molecule has 132 valence electrons. The third-order valence-electron chi connectivity index (χ3n) is 4.15. The summed E-state index contributed by atoms with van der Waals surface area (Å²) < 4.78 is 7.47. The van der Waals surface area contributed by atoms with E-state index < -0.39 is 0 Å². The minimum Gasteiger partial charge on any atom is -0.487 e. The molecule has 1 atom stereocenters. The van der Waals surface area contributed by atoms with Crippen LogP contribution in [0.3, 0.4) is 0 Å². The van der Waals surface area contributed by atoms with E-state index in [2.05, 4.69) is 15.4 Å². The molecule has 1 N–H and O–H groups in total. The van der Waals surface area contributed by atoms with Gasteiger partial charge in [0.25, 0.3) is 0 Å². The molecule has 0 aliphatic carbocycles. The van der Waals surface area contributed by atoms with Gasteiger partial charge in [-0.15, -0.1) is 0 Å². The summed E-state index contributed by atoms with van der Waals surface area (Å²) in [6, 6.07) is 12.7. The van der Waals surface area contributed by atoms with E-state index >= 15 is 0 Å². The first-order valence-corrected chi connectivity index (χ1v) is 8.72. The van der Waals surface area contributed by atoms with E-state index in [1.165, 1.54) is 6.33 Å². The Balaban J connectivity index is 1.53. The normalized spacial score (nSPS) is 16.1. The van der Waals surface area contributed by atoms with Crippen LogP contribution in [0.15, 0.2) is 48.8 Å². The molecule has 1 aromatic heterocycles. The minimum absolute atomic E-state index is 0.102. The van der Waals surface area contributed by atoms with Crippen LogP contribution < -0.4 is 10.1 Å². The molecule has 1 aliphatic rings. The van der Waals surface area contributed by atoms with Crippen molar-refractivity contribution in [3.63, 3.8) is 0 Å². The van der Waals surface area contributed by atoms with Gasteiger partial charge in [-0.2, -0.15) is 10.1 Å². The number of fused-ring (bicyclic) bond motifs is 1. The van der Waals surface area contributed by atoms with Crippen molar-refractivity contribution >= 4 is 35.1 Å². The number of anilines is 1. The van der Waals surface area contributed by atoms with Gasteiger partial charge < -0.3 is 4.74 Å². The molecule has 2 aromatic carbocycles. The Labute approximate surface area is 159 Å². The van der Waals surface area contributed by atoms with Crippen molar-refractivity contribution in [1.82, 2.24) is 14.8 Å². The predicted octanol–water partition coefficient (Wildman–Crippen LogP) is 4.10. The monoisotopic (exact) mass is 388 g/mol. The van der Waals surface area contributed by atoms with Gasteiger partial charge >= 0.3 is 0 Å². The Hall–Kier alpha value is -2.57. The van der Waals surface area contributed by atoms with E-state index in [1.54, 1.807) is 16.8 Å². The molecule has 1 amide bonds. The maximum atomic E-state index is 11.9. The summed E-state index contributed by atoms with van der Waals surface area (Å²) in [5.41, 5.74) is 1.86. The van der Waals surface area contributed by atoms with Crippen molar-refractivity contribution in [3.05, 3.63) is 70.0 Å². The average Bonchev–Trinajstić information content (AvgIpc) is 3.09. The van der Waals surface area contributed by atoms with Crippen LogP contribution in [0.4, 0.5) is 5.95 Å². The highest BCUT2D eigenvalue weighted by Gasteiger charge is 2.28. The number of carbonyl (C=O) groups excluding carboxylic acids is 1. The fourth-order valence-electron chi connectivity index (χ4n) is 2.85. The number of hydrogen-bond acceptors (Lipinski definition) is 4. The smallest absolute Gasteiger partial charge is 0.229 e. The lowest BCUT2D eigenvalue weighted by Gasteiger charge is -2.24. The molecule has 0 fully saturated rings. The van der Waals surface area contributed by atoms with E-state index in [9.17, 15) is 4.79 Å². The number of hydrogen-bond donors (Lipinski definition) is 1. The molecule has 0 bridgehead atoms. The van der Waals surface area contributed by atoms with Crippen LogP contribution >= 0.6 is 23.2 Å². The molecule has 1 aliphatic heterocycles. The van der Waals surface area contributed by atoms with Crippen molar-refractivity contribution in [2.24, 2.45) is 0 Å². The van der Waals surface area contributed by atoms with E-state index in [-0.39, 0.29) is 18.4 Å². The maximum absolute atomic E-state index is 11.9. The summed E-state index contributed by atoms with van der Waals surface area (Å²) >= 11 is 12.3. The van der Waals surface area contributed by atoms with Crippen LogP contribution in [0.2, 0.25) is 10.0 Å². The zero-order valence-corrected chi connectivity index (χ0v) is 15.0. The number of amides is 1. The number of ether oxygens (including phenoxy) is 1. The Bertz CT molecular complexity index is 956. The van der Waals surface area contributed by atoms with Crippen LogP contribution in [-0.2, 0) is 11.4 Å². The van der Waals surface area contributed by atoms with Gasteiger partial charge in [-0.3, -0.25) is 10.1 Å². The summed E-state index contributed by atoms with van der Waals surface area (Å²) in [6.07, 6.45) is 1.69. The second-order valence-corrected chi connectivity index (χ2v) is 6.74. The first-order chi connectivity index (χ1) is 12.6. The molecule has 0 radical (unpaired) electrons. The standard InChI is InChI=1S/C18H14Cl2N4O2/c19-13-4-1-11(2-5-13)9-26-16-6-3-12(7-14(16)20)15-8-17(25)23-18-21-10-22-24(15)18/h1-7,10,15H,8-9H2,(H,21,22,23,25)/t15-/m0/s1. The third-order valence-corrected chi connectivity index (χ3v) is 4.69. The Morgan fingerprint density at radius 1 is 1.19 bits per heavy atom. The van der Waals surface area contributed by atoms with Gasteiger partial charge in [0, 0.05) is 5.02 Å². The van der Waals surface area contributed by atoms with Crippen LogP contribution in [0.1, 0.15) is 23.6 Å². The van der Waals surface area contributed by atoms with Crippen molar-refractivity contribution in [2.45, 2.75) is 19.1 Å². The lowest BCUT2D eigenvalue weighted by molar-refractivity contribution is -0.117. The van der Waals surface area contributed by atoms with E-state index in [0.717, 1.165) is 11.1 Å². The molecular weight excluding hydrogens is 375 g/mol. The minimum atomic E-state index is -0.246. The molecule has 3 aromatic rings. The molecule has 4 rings (SSSR count). The number of carbonyl (C=O) groups is 1. The van der Waals surface area contributed by atoms with Gasteiger partial charge in [0.2, 0.25) is 11.9 Å². The highest BCUT2D eigenvalue weighted by molar-refractivity contribution is 6.32. The number of rotatable bonds is 4. The fourth-order valence-corrected chi connectivity index (χ4v) is 3.22. The molecule has 0 saturated heterocycles. The van der Waals surface area contributed by atoms with E-state index in [1.807, 2.05) is 30.3 Å². The first-order valence-electron chi connectivity index (χ1n) is 7.96. The van der Waals surface area contributed by atoms with Gasteiger partial charge in [-0.05, 0) is 35.4 Å². The Morgan fingerprint density at radius 3 is 2.77 bits per heavy atom. The highest BCUT2D eigenvalue weighted by atomic mass is 35.5. The van der Waals surface area contributed by atoms with Gasteiger partial charge in [0.1, 0.15) is 18.7 Å². The lowest BCUT2D eigenvalue weighted by Crippen LogP contribution is -2.29. The molecule has 26 heavy (non-hydrogen) atoms. The summed E-state index contributed by atoms with van der Waals surface area (Å²) in [4.78, 5) is 15.9. The largest absolute Gasteiger partial charge is 0.487 e. The van der Waals surface area contributed by atoms with Crippen molar-refractivity contribution in [1.29, 1.82) is 0 Å². The van der Waals surface area contributed by atoms with Gasteiger partial charge in [0.05, 0.1) is 17.5 Å². The summed E-state index contributed by atoms with van der Waals surface area (Å²) in [5, 5.41) is 8.04. The van der Waals surface area contributed by atoms with Crippen LogP contribution in [0.25, 0.3) is 0 Å². The Morgan fingerprint density at radius 2 is 2.00 bits per heavy atom. The number of nitrogens with zero attached hydrogens (tertiary/aromatic N) is 3. The number of benzene rings is 2. The van der Waals surface area contributed by atoms with E-state index in [0.29, 0.717) is 28.3 Å². The molecule has 0 unspecified atom stereocenters. The molecular formula is C18H14Cl2N4O2. The topological polar surface area (TPSA) is 69.0 Å². The highest BCUT2D eigenvalue weighted by Crippen LogP contribution is 2.33. The van der Waals surface area contributed by atoms with Crippen molar-refractivity contribution in [3.8, 4) is 5.75 Å². The zero-order chi connectivity index (χ0) is 18.1. The van der Waals surface area contributed by atoms with Gasteiger partial charge in [-0.25, -0.2) is 4.68 Å². The lowest BCUT2D eigenvalue weighted by atomic mass is 10.0. The summed E-state index contributed by atoms with van der Waals surface area (Å²) in [7, 11) is 0. The number of halogens is 2. The van der Waals surface area contributed by atoms with Crippen LogP contribution in [-0.4, -0.2) is 20.7 Å². The SMILES string of the molecule is O=C1C[C@@H](c2ccc(OCc3ccc(Cl)cc3)c(Cl)c2)n2ncnc2N1. The average molecular weight is 389 g/mol. The molecule has 2 heterocycles. The van der Waals surface area contributed by atoms with Gasteiger partial charge in [0.15, 0.2) is 0 Å². The number of nitrogens with one attached hydrogen (secondary N) is 1. The van der Waals surface area contributed by atoms with Crippen LogP contribution in [0.5, 0.6) is 5.75 Å². The first kappa shape index (κ1) is 16.9. The maximum Gasteiger partial charge on any atom is 0.229 e. The number of aromatic nitrogens is 3. The molecule has 0 spiro atoms. The molecule has 0 saturated carbocycles. The Kier molecular flexibility index (Phi) is 4.53. The molecule has 6 nitrogen and oxygen atoms in total. The van der Waals surface area contributed by atoms with Gasteiger partial charge in [-0.1, -0.05) is 41.4 Å². The second kappa shape index (κ2) is 6.97. The summed E-state index contributed by atoms with van der Waals surface area (Å²) in [6.45, 7) is 0.384. The van der Waals surface area contributed by atoms with Crippen molar-refractivity contribution < 1.29 is 9.53 Å². The predicted molar refractivity (Wildman–Crippen MR) is 98.6 cm³/mol. The van der Waals surface area contributed by atoms with Crippen molar-refractivity contribution in [2.75, 3.05) is 5.32 Å². The third kappa shape index (κ3) is 3.38.